The number of likely N-dealkylation sites (N-methyl/N-ethyl adjacent to an activating group) is 1. The molecular weight excluding hydrogens is 437 g/mol. The van der Waals surface area contributed by atoms with E-state index in [1.165, 1.54) is 0 Å². The van der Waals surface area contributed by atoms with Crippen LogP contribution in [-0.4, -0.2) is 54.8 Å². The largest absolute Gasteiger partial charge is 0.451 e. The van der Waals surface area contributed by atoms with Crippen LogP contribution < -0.4 is 5.32 Å². The number of halogens is 2. The number of carbonyl (C=O) groups is 2. The Kier molecular flexibility index (Phi) is 6.32. The van der Waals surface area contributed by atoms with Gasteiger partial charge in [0.05, 0.1) is 16.3 Å². The van der Waals surface area contributed by atoms with Crippen LogP contribution in [0.1, 0.15) is 20.9 Å². The Bertz CT molecular complexity index is 1120. The molecule has 1 aliphatic heterocycles. The highest BCUT2D eigenvalue weighted by Crippen LogP contribution is 2.32. The monoisotopic (exact) mass is 457 g/mol. The van der Waals surface area contributed by atoms with Gasteiger partial charge in [-0.3, -0.25) is 9.59 Å². The molecule has 2 amide bonds. The topological polar surface area (TPSA) is 65.8 Å². The highest BCUT2D eigenvalue weighted by atomic mass is 35.5. The molecule has 3 aromatic rings. The summed E-state index contributed by atoms with van der Waals surface area (Å²) in [5.74, 6) is -0.0230. The van der Waals surface area contributed by atoms with E-state index in [0.29, 0.717) is 45.7 Å². The fourth-order valence-electron chi connectivity index (χ4n) is 3.43. The van der Waals surface area contributed by atoms with Crippen LogP contribution in [0.4, 0.5) is 5.69 Å². The first-order valence-electron chi connectivity index (χ1n) is 9.86. The summed E-state index contributed by atoms with van der Waals surface area (Å²) >= 11 is 12.3. The molecule has 0 radical (unpaired) electrons. The molecule has 2 aromatic carbocycles. The van der Waals surface area contributed by atoms with Gasteiger partial charge in [0.1, 0.15) is 5.76 Å². The molecule has 31 heavy (non-hydrogen) atoms. The number of furan rings is 1. The number of anilines is 1. The molecule has 1 N–H and O–H groups in total. The van der Waals surface area contributed by atoms with Crippen molar-refractivity contribution in [2.75, 3.05) is 38.5 Å². The minimum atomic E-state index is -0.456. The molecule has 6 nitrogen and oxygen atoms in total. The van der Waals surface area contributed by atoms with Gasteiger partial charge in [0.25, 0.3) is 11.8 Å². The summed E-state index contributed by atoms with van der Waals surface area (Å²) in [4.78, 5) is 29.8. The van der Waals surface area contributed by atoms with E-state index in [0.717, 1.165) is 13.1 Å². The Morgan fingerprint density at radius 1 is 0.968 bits per heavy atom. The van der Waals surface area contributed by atoms with Gasteiger partial charge in [0, 0.05) is 36.8 Å². The maximum atomic E-state index is 13.0. The molecular formula is C23H21Cl2N3O3. The van der Waals surface area contributed by atoms with Crippen LogP contribution in [0.15, 0.2) is 59.0 Å². The average Bonchev–Trinajstić information content (AvgIpc) is 3.26. The van der Waals surface area contributed by atoms with E-state index in [9.17, 15) is 9.59 Å². The number of nitrogens with zero attached hydrogens (tertiary/aromatic N) is 2. The van der Waals surface area contributed by atoms with E-state index in [2.05, 4.69) is 10.2 Å². The second kappa shape index (κ2) is 9.14. The second-order valence-electron chi connectivity index (χ2n) is 7.38. The molecule has 4 rings (SSSR count). The lowest BCUT2D eigenvalue weighted by molar-refractivity contribution is 0.0665. The van der Waals surface area contributed by atoms with Crippen molar-refractivity contribution in [3.05, 3.63) is 76.0 Å². The molecule has 8 heteroatoms. The molecule has 1 aliphatic rings. The van der Waals surface area contributed by atoms with Crippen LogP contribution in [0.25, 0.3) is 11.3 Å². The Morgan fingerprint density at radius 3 is 2.48 bits per heavy atom. The maximum absolute atomic E-state index is 13.0. The second-order valence-corrected chi connectivity index (χ2v) is 8.23. The lowest BCUT2D eigenvalue weighted by Gasteiger charge is -2.32. The zero-order valence-electron chi connectivity index (χ0n) is 16.9. The number of carbonyl (C=O) groups excluding carboxylic acids is 2. The van der Waals surface area contributed by atoms with Crippen molar-refractivity contribution in [3.8, 4) is 11.3 Å². The fourth-order valence-corrected chi connectivity index (χ4v) is 3.82. The highest BCUT2D eigenvalue weighted by molar-refractivity contribution is 6.35. The minimum absolute atomic E-state index is 0.102. The third-order valence-corrected chi connectivity index (χ3v) is 5.78. The Balaban J connectivity index is 1.53. The first-order chi connectivity index (χ1) is 14.9. The van der Waals surface area contributed by atoms with Crippen LogP contribution >= 0.6 is 23.2 Å². The van der Waals surface area contributed by atoms with Gasteiger partial charge in [0.15, 0.2) is 5.76 Å². The lowest BCUT2D eigenvalue weighted by Crippen LogP contribution is -2.47. The van der Waals surface area contributed by atoms with Gasteiger partial charge >= 0.3 is 0 Å². The SMILES string of the molecule is CN1CCN(C(=O)c2ccccc2NC(=O)c2ccc(-c3cc(Cl)ccc3Cl)o2)CC1. The predicted molar refractivity (Wildman–Crippen MR) is 122 cm³/mol. The molecule has 160 valence electrons. The van der Waals surface area contributed by atoms with Crippen LogP contribution in [-0.2, 0) is 0 Å². The molecule has 0 aliphatic carbocycles. The first-order valence-corrected chi connectivity index (χ1v) is 10.6. The van der Waals surface area contributed by atoms with E-state index in [4.69, 9.17) is 27.6 Å². The number of hydrogen-bond donors (Lipinski definition) is 1. The Labute approximate surface area is 190 Å². The third-order valence-electron chi connectivity index (χ3n) is 5.22. The van der Waals surface area contributed by atoms with Crippen molar-refractivity contribution in [1.29, 1.82) is 0 Å². The molecule has 1 saturated heterocycles. The number of rotatable bonds is 4. The summed E-state index contributed by atoms with van der Waals surface area (Å²) in [5.41, 5.74) is 1.49. The molecule has 0 atom stereocenters. The molecule has 0 spiro atoms. The van der Waals surface area contributed by atoms with Crippen LogP contribution in [0, 0.1) is 0 Å². The van der Waals surface area contributed by atoms with Crippen molar-refractivity contribution in [1.82, 2.24) is 9.80 Å². The zero-order chi connectivity index (χ0) is 22.0. The number of nitrogens with one attached hydrogen (secondary N) is 1. The molecule has 1 aromatic heterocycles. The van der Waals surface area contributed by atoms with Gasteiger partial charge in [0.2, 0.25) is 0 Å². The van der Waals surface area contributed by atoms with Crippen molar-refractivity contribution < 1.29 is 14.0 Å². The number of amides is 2. The molecule has 1 fully saturated rings. The van der Waals surface area contributed by atoms with Gasteiger partial charge in [-0.1, -0.05) is 35.3 Å². The van der Waals surface area contributed by atoms with E-state index in [-0.39, 0.29) is 11.7 Å². The van der Waals surface area contributed by atoms with Crippen molar-refractivity contribution >= 4 is 40.7 Å². The quantitative estimate of drug-likeness (QED) is 0.605. The van der Waals surface area contributed by atoms with Gasteiger partial charge < -0.3 is 19.5 Å². The van der Waals surface area contributed by atoms with Gasteiger partial charge in [-0.2, -0.15) is 0 Å². The van der Waals surface area contributed by atoms with E-state index >= 15 is 0 Å². The van der Waals surface area contributed by atoms with E-state index < -0.39 is 5.91 Å². The van der Waals surface area contributed by atoms with Crippen molar-refractivity contribution in [3.63, 3.8) is 0 Å². The predicted octanol–water partition coefficient (Wildman–Crippen LogP) is 4.89. The Hall–Kier alpha value is -2.80. The fraction of sp³-hybridized carbons (Fsp3) is 0.217. The number of piperazine rings is 1. The normalized spacial score (nSPS) is 14.5. The zero-order valence-corrected chi connectivity index (χ0v) is 18.4. The number of hydrogen-bond acceptors (Lipinski definition) is 4. The summed E-state index contributed by atoms with van der Waals surface area (Å²) in [7, 11) is 2.03. The summed E-state index contributed by atoms with van der Waals surface area (Å²) in [5, 5.41) is 3.78. The number of para-hydroxylation sites is 1. The highest BCUT2D eigenvalue weighted by Gasteiger charge is 2.23. The standard InChI is InChI=1S/C23H21Cl2N3O3/c1-27-10-12-28(13-11-27)23(30)16-4-2-3-5-19(16)26-22(29)21-9-8-20(31-21)17-14-15(24)6-7-18(17)25/h2-9,14H,10-13H2,1H3,(H,26,29). The van der Waals surface area contributed by atoms with E-state index in [1.807, 2.05) is 7.05 Å². The van der Waals surface area contributed by atoms with Crippen LogP contribution in [0.3, 0.4) is 0 Å². The molecule has 0 unspecified atom stereocenters. The van der Waals surface area contributed by atoms with Crippen LogP contribution in [0.2, 0.25) is 10.0 Å². The average molecular weight is 458 g/mol. The maximum Gasteiger partial charge on any atom is 0.291 e. The summed E-state index contributed by atoms with van der Waals surface area (Å²) < 4.78 is 5.71. The lowest BCUT2D eigenvalue weighted by atomic mass is 10.1. The Morgan fingerprint density at radius 2 is 1.71 bits per heavy atom. The summed E-state index contributed by atoms with van der Waals surface area (Å²) in [6.07, 6.45) is 0. The van der Waals surface area contributed by atoms with Crippen molar-refractivity contribution in [2.24, 2.45) is 0 Å². The number of benzene rings is 2. The van der Waals surface area contributed by atoms with E-state index in [1.54, 1.807) is 59.5 Å². The molecule has 0 bridgehead atoms. The minimum Gasteiger partial charge on any atom is -0.451 e. The van der Waals surface area contributed by atoms with Gasteiger partial charge in [-0.05, 0) is 49.5 Å². The summed E-state index contributed by atoms with van der Waals surface area (Å²) in [6, 6.07) is 15.2. The first kappa shape index (κ1) is 21.4. The van der Waals surface area contributed by atoms with Gasteiger partial charge in [-0.25, -0.2) is 0 Å². The molecule has 2 heterocycles. The van der Waals surface area contributed by atoms with Crippen molar-refractivity contribution in [2.45, 2.75) is 0 Å². The third kappa shape index (κ3) is 4.77. The summed E-state index contributed by atoms with van der Waals surface area (Å²) in [6.45, 7) is 2.95. The molecule has 0 saturated carbocycles. The van der Waals surface area contributed by atoms with Gasteiger partial charge in [-0.15, -0.1) is 0 Å². The van der Waals surface area contributed by atoms with Crippen LogP contribution in [0.5, 0.6) is 0 Å². The smallest absolute Gasteiger partial charge is 0.291 e.